The van der Waals surface area contributed by atoms with Gasteiger partial charge in [-0.2, -0.15) is 13.2 Å². The fourth-order valence-corrected chi connectivity index (χ4v) is 3.89. The quantitative estimate of drug-likeness (QED) is 0.617. The molecule has 3 rings (SSSR count). The lowest BCUT2D eigenvalue weighted by atomic mass is 9.74. The van der Waals surface area contributed by atoms with Gasteiger partial charge in [0.15, 0.2) is 0 Å². The number of hydrogen-bond donors (Lipinski definition) is 1. The molecule has 1 aliphatic heterocycles. The molecule has 0 bridgehead atoms. The third-order valence-corrected chi connectivity index (χ3v) is 5.08. The van der Waals surface area contributed by atoms with Gasteiger partial charge in [-0.1, -0.05) is 6.07 Å². The number of carbonyl (C=O) groups is 1. The Hall–Kier alpha value is -1.96. The van der Waals surface area contributed by atoms with Crippen LogP contribution in [0.25, 0.3) is 5.57 Å². The van der Waals surface area contributed by atoms with Gasteiger partial charge < -0.3 is 9.84 Å². The SMILES string of the molecule is CC1(O)OC(=O)C(c2c(F)cccc2F)=C1C1CCC(C(F)(F)F)CC1. The Morgan fingerprint density at radius 1 is 1.12 bits per heavy atom. The fourth-order valence-electron chi connectivity index (χ4n) is 3.89. The molecule has 1 heterocycles. The predicted octanol–water partition coefficient (Wildman–Crippen LogP) is 4.35. The van der Waals surface area contributed by atoms with Crippen LogP contribution in [0.3, 0.4) is 0 Å². The Labute approximate surface area is 146 Å². The van der Waals surface area contributed by atoms with Crippen molar-refractivity contribution in [2.75, 3.05) is 0 Å². The molecule has 1 fully saturated rings. The van der Waals surface area contributed by atoms with Crippen LogP contribution in [0.5, 0.6) is 0 Å². The van der Waals surface area contributed by atoms with E-state index in [1.807, 2.05) is 0 Å². The zero-order valence-corrected chi connectivity index (χ0v) is 13.9. The average molecular weight is 376 g/mol. The zero-order chi connectivity index (χ0) is 19.3. The van der Waals surface area contributed by atoms with Gasteiger partial charge in [-0.05, 0) is 43.7 Å². The summed E-state index contributed by atoms with van der Waals surface area (Å²) in [4.78, 5) is 12.2. The first-order valence-corrected chi connectivity index (χ1v) is 8.24. The summed E-state index contributed by atoms with van der Waals surface area (Å²) in [7, 11) is 0. The van der Waals surface area contributed by atoms with E-state index >= 15 is 0 Å². The molecule has 8 heteroatoms. The van der Waals surface area contributed by atoms with Crippen LogP contribution in [0.2, 0.25) is 0 Å². The van der Waals surface area contributed by atoms with E-state index in [0.29, 0.717) is 0 Å². The Morgan fingerprint density at radius 3 is 2.15 bits per heavy atom. The maximum absolute atomic E-state index is 14.2. The molecule has 0 saturated heterocycles. The van der Waals surface area contributed by atoms with Crippen LogP contribution in [0, 0.1) is 23.5 Å². The van der Waals surface area contributed by atoms with E-state index in [2.05, 4.69) is 0 Å². The van der Waals surface area contributed by atoms with Gasteiger partial charge in [0.2, 0.25) is 5.79 Å². The van der Waals surface area contributed by atoms with Gasteiger partial charge in [0.05, 0.1) is 17.1 Å². The van der Waals surface area contributed by atoms with E-state index in [4.69, 9.17) is 4.74 Å². The maximum atomic E-state index is 14.2. The topological polar surface area (TPSA) is 46.5 Å². The Balaban J connectivity index is 2.04. The van der Waals surface area contributed by atoms with Crippen LogP contribution in [0.15, 0.2) is 23.8 Å². The van der Waals surface area contributed by atoms with Crippen LogP contribution in [-0.4, -0.2) is 23.0 Å². The normalized spacial score (nSPS) is 29.9. The van der Waals surface area contributed by atoms with Gasteiger partial charge in [0, 0.05) is 12.5 Å². The minimum Gasteiger partial charge on any atom is -0.426 e. The molecule has 1 saturated carbocycles. The van der Waals surface area contributed by atoms with Crippen LogP contribution < -0.4 is 0 Å². The molecule has 0 amide bonds. The second kappa shape index (κ2) is 6.33. The first-order chi connectivity index (χ1) is 12.0. The number of alkyl halides is 3. The lowest BCUT2D eigenvalue weighted by molar-refractivity contribution is -0.186. The molecule has 0 radical (unpaired) electrons. The van der Waals surface area contributed by atoms with Crippen LogP contribution in [-0.2, 0) is 9.53 Å². The maximum Gasteiger partial charge on any atom is 0.391 e. The van der Waals surface area contributed by atoms with Crippen LogP contribution >= 0.6 is 0 Å². The van der Waals surface area contributed by atoms with E-state index in [9.17, 15) is 31.9 Å². The smallest absolute Gasteiger partial charge is 0.391 e. The number of halogens is 5. The minimum absolute atomic E-state index is 0.0336. The number of benzene rings is 1. The second-order valence-corrected chi connectivity index (χ2v) is 6.85. The highest BCUT2D eigenvalue weighted by atomic mass is 19.4. The van der Waals surface area contributed by atoms with E-state index in [-0.39, 0.29) is 31.3 Å². The third kappa shape index (κ3) is 3.22. The van der Waals surface area contributed by atoms with Crippen molar-refractivity contribution in [2.24, 2.45) is 11.8 Å². The van der Waals surface area contributed by atoms with Crippen molar-refractivity contribution in [3.63, 3.8) is 0 Å². The summed E-state index contributed by atoms with van der Waals surface area (Å²) in [6, 6.07) is 3.05. The van der Waals surface area contributed by atoms with Crippen molar-refractivity contribution in [3.05, 3.63) is 41.0 Å². The van der Waals surface area contributed by atoms with Crippen molar-refractivity contribution in [1.29, 1.82) is 0 Å². The zero-order valence-electron chi connectivity index (χ0n) is 13.9. The highest BCUT2D eigenvalue weighted by Crippen LogP contribution is 2.48. The summed E-state index contributed by atoms with van der Waals surface area (Å²) in [6.07, 6.45) is -4.62. The van der Waals surface area contributed by atoms with Crippen molar-refractivity contribution in [3.8, 4) is 0 Å². The number of ether oxygens (including phenoxy) is 1. The van der Waals surface area contributed by atoms with Gasteiger partial charge in [-0.25, -0.2) is 13.6 Å². The highest BCUT2D eigenvalue weighted by molar-refractivity contribution is 6.20. The summed E-state index contributed by atoms with van der Waals surface area (Å²) in [6.45, 7) is 1.15. The van der Waals surface area contributed by atoms with Crippen molar-refractivity contribution in [1.82, 2.24) is 0 Å². The highest BCUT2D eigenvalue weighted by Gasteiger charge is 2.50. The van der Waals surface area contributed by atoms with Crippen molar-refractivity contribution in [2.45, 2.75) is 44.6 Å². The van der Waals surface area contributed by atoms with Crippen molar-refractivity contribution < 1.29 is 36.6 Å². The first kappa shape index (κ1) is 18.8. The standard InChI is InChI=1S/C18H17F5O3/c1-17(25)15(9-5-7-10(8-6-9)18(21,22)23)14(16(24)26-17)13-11(19)3-2-4-12(13)20/h2-4,9-10,25H,5-8H2,1H3. The lowest BCUT2D eigenvalue weighted by Gasteiger charge is -2.33. The summed E-state index contributed by atoms with van der Waals surface area (Å²) in [5.41, 5.74) is -1.10. The molecular formula is C18H17F5O3. The van der Waals surface area contributed by atoms with Gasteiger partial charge in [-0.15, -0.1) is 0 Å². The molecule has 1 aliphatic carbocycles. The molecular weight excluding hydrogens is 359 g/mol. The monoisotopic (exact) mass is 376 g/mol. The Kier molecular flexibility index (Phi) is 4.58. The van der Waals surface area contributed by atoms with Crippen LogP contribution in [0.1, 0.15) is 38.2 Å². The average Bonchev–Trinajstić information content (AvgIpc) is 2.75. The number of rotatable bonds is 2. The number of esters is 1. The predicted molar refractivity (Wildman–Crippen MR) is 81.5 cm³/mol. The van der Waals surface area contributed by atoms with E-state index in [0.717, 1.165) is 25.1 Å². The lowest BCUT2D eigenvalue weighted by Crippen LogP contribution is -2.34. The molecule has 1 N–H and O–H groups in total. The van der Waals surface area contributed by atoms with Gasteiger partial charge in [-0.3, -0.25) is 0 Å². The molecule has 26 heavy (non-hydrogen) atoms. The number of cyclic esters (lactones) is 1. The molecule has 1 aromatic carbocycles. The molecule has 142 valence electrons. The summed E-state index contributed by atoms with van der Waals surface area (Å²) in [5, 5.41) is 10.4. The molecule has 1 atom stereocenters. The van der Waals surface area contributed by atoms with E-state index in [1.165, 1.54) is 0 Å². The fraction of sp³-hybridized carbons (Fsp3) is 0.500. The number of aliphatic hydroxyl groups is 1. The molecule has 3 nitrogen and oxygen atoms in total. The van der Waals surface area contributed by atoms with Gasteiger partial charge in [0.25, 0.3) is 0 Å². The van der Waals surface area contributed by atoms with Gasteiger partial charge >= 0.3 is 12.1 Å². The summed E-state index contributed by atoms with van der Waals surface area (Å²) >= 11 is 0. The van der Waals surface area contributed by atoms with E-state index in [1.54, 1.807) is 0 Å². The molecule has 1 aromatic rings. The largest absolute Gasteiger partial charge is 0.426 e. The molecule has 0 spiro atoms. The minimum atomic E-state index is -4.32. The molecule has 1 unspecified atom stereocenters. The van der Waals surface area contributed by atoms with E-state index < -0.39 is 52.5 Å². The second-order valence-electron chi connectivity index (χ2n) is 6.85. The number of hydrogen-bond acceptors (Lipinski definition) is 3. The van der Waals surface area contributed by atoms with Crippen molar-refractivity contribution >= 4 is 11.5 Å². The molecule has 2 aliphatic rings. The first-order valence-electron chi connectivity index (χ1n) is 8.24. The summed E-state index contributed by atoms with van der Waals surface area (Å²) in [5.74, 6) is -7.31. The number of carbonyl (C=O) groups excluding carboxylic acids is 1. The van der Waals surface area contributed by atoms with Gasteiger partial charge in [0.1, 0.15) is 11.6 Å². The molecule has 0 aromatic heterocycles. The Bertz CT molecular complexity index is 738. The Morgan fingerprint density at radius 2 is 1.65 bits per heavy atom. The summed E-state index contributed by atoms with van der Waals surface area (Å²) < 4.78 is 71.8. The van der Waals surface area contributed by atoms with Crippen LogP contribution in [0.4, 0.5) is 22.0 Å². The third-order valence-electron chi connectivity index (χ3n) is 5.08.